The van der Waals surface area contributed by atoms with Crippen LogP contribution in [0.25, 0.3) is 0 Å². The summed E-state index contributed by atoms with van der Waals surface area (Å²) in [4.78, 5) is 0. The van der Waals surface area contributed by atoms with E-state index in [0.29, 0.717) is 6.54 Å². The van der Waals surface area contributed by atoms with Crippen molar-refractivity contribution in [1.82, 2.24) is 19.6 Å². The fourth-order valence-corrected chi connectivity index (χ4v) is 1.81. The third-order valence-electron chi connectivity index (χ3n) is 2.67. The Hall–Kier alpha value is -1.63. The van der Waals surface area contributed by atoms with Crippen molar-refractivity contribution in [1.29, 1.82) is 0 Å². The smallest absolute Gasteiger partial charge is 0.257 e. The second kappa shape index (κ2) is 7.84. The zero-order chi connectivity index (χ0) is 13.7. The lowest BCUT2D eigenvalue weighted by molar-refractivity contribution is 0.122. The molecule has 0 fully saturated rings. The summed E-state index contributed by atoms with van der Waals surface area (Å²) in [6.45, 7) is 3.18. The number of nitrogens with one attached hydrogen (secondary N) is 1. The van der Waals surface area contributed by atoms with Crippen LogP contribution < -0.4 is 5.32 Å². The van der Waals surface area contributed by atoms with E-state index in [-0.39, 0.29) is 19.0 Å². The molecule has 0 spiro atoms. The third kappa shape index (κ3) is 4.48. The molecule has 2 aromatic rings. The lowest BCUT2D eigenvalue weighted by Crippen LogP contribution is -2.09. The monoisotopic (exact) mass is 305 g/mol. The van der Waals surface area contributed by atoms with Gasteiger partial charge in [-0.15, -0.1) is 12.4 Å². The van der Waals surface area contributed by atoms with E-state index in [0.717, 1.165) is 24.3 Å². The summed E-state index contributed by atoms with van der Waals surface area (Å²) in [7, 11) is 0. The van der Waals surface area contributed by atoms with E-state index < -0.39 is 6.43 Å². The predicted octanol–water partition coefficient (Wildman–Crippen LogP) is 2.79. The summed E-state index contributed by atoms with van der Waals surface area (Å²) in [6.07, 6.45) is 3.50. The van der Waals surface area contributed by atoms with Gasteiger partial charge in [0.25, 0.3) is 6.43 Å². The molecule has 0 unspecified atom stereocenters. The minimum atomic E-state index is -2.39. The number of hydrogen-bond donors (Lipinski definition) is 1. The fourth-order valence-electron chi connectivity index (χ4n) is 1.81. The molecule has 2 aromatic heterocycles. The molecule has 1 N–H and O–H groups in total. The van der Waals surface area contributed by atoms with Crippen molar-refractivity contribution in [3.05, 3.63) is 30.4 Å². The van der Waals surface area contributed by atoms with E-state index in [9.17, 15) is 8.78 Å². The normalized spacial score (nSPS) is 10.6. The van der Waals surface area contributed by atoms with E-state index >= 15 is 0 Å². The number of alkyl halides is 2. The van der Waals surface area contributed by atoms with E-state index in [2.05, 4.69) is 22.4 Å². The first kappa shape index (κ1) is 16.4. The minimum Gasteiger partial charge on any atom is -0.377 e. The van der Waals surface area contributed by atoms with Gasteiger partial charge in [0.05, 0.1) is 24.1 Å². The van der Waals surface area contributed by atoms with Gasteiger partial charge in [-0.1, -0.05) is 6.92 Å². The lowest BCUT2D eigenvalue weighted by Gasteiger charge is -2.07. The Morgan fingerprint density at radius 3 is 2.85 bits per heavy atom. The summed E-state index contributed by atoms with van der Waals surface area (Å²) in [5, 5.41) is 11.2. The van der Waals surface area contributed by atoms with Crippen LogP contribution in [0.4, 0.5) is 14.5 Å². The van der Waals surface area contributed by atoms with Gasteiger partial charge in [-0.3, -0.25) is 9.36 Å². The quantitative estimate of drug-likeness (QED) is 0.855. The van der Waals surface area contributed by atoms with Crippen molar-refractivity contribution >= 4 is 18.1 Å². The van der Waals surface area contributed by atoms with Gasteiger partial charge >= 0.3 is 0 Å². The summed E-state index contributed by atoms with van der Waals surface area (Å²) < 4.78 is 27.5. The first-order valence-corrected chi connectivity index (χ1v) is 6.24. The summed E-state index contributed by atoms with van der Waals surface area (Å²) in [6, 6.07) is 1.94. The number of aromatic nitrogens is 4. The van der Waals surface area contributed by atoms with Crippen LogP contribution in [0.3, 0.4) is 0 Å². The van der Waals surface area contributed by atoms with Crippen molar-refractivity contribution in [2.75, 3.05) is 5.32 Å². The third-order valence-corrected chi connectivity index (χ3v) is 2.67. The van der Waals surface area contributed by atoms with Crippen molar-refractivity contribution in [3.63, 3.8) is 0 Å². The van der Waals surface area contributed by atoms with Crippen molar-refractivity contribution < 1.29 is 8.78 Å². The molecule has 0 radical (unpaired) electrons. The number of nitrogens with zero attached hydrogens (tertiary/aromatic N) is 4. The maximum absolute atomic E-state index is 12.2. The van der Waals surface area contributed by atoms with Crippen LogP contribution in [0, 0.1) is 0 Å². The van der Waals surface area contributed by atoms with E-state index in [1.54, 1.807) is 18.6 Å². The summed E-state index contributed by atoms with van der Waals surface area (Å²) in [5.74, 6) is 0. The van der Waals surface area contributed by atoms with Gasteiger partial charge in [0.1, 0.15) is 6.54 Å². The zero-order valence-corrected chi connectivity index (χ0v) is 12.0. The molecule has 2 rings (SSSR count). The highest BCUT2D eigenvalue weighted by Crippen LogP contribution is 2.09. The predicted molar refractivity (Wildman–Crippen MR) is 75.3 cm³/mol. The Bertz CT molecular complexity index is 511. The number of hydrogen-bond acceptors (Lipinski definition) is 3. The first-order chi connectivity index (χ1) is 9.19. The molecule has 20 heavy (non-hydrogen) atoms. The highest BCUT2D eigenvalue weighted by atomic mass is 35.5. The van der Waals surface area contributed by atoms with Crippen LogP contribution in [-0.2, 0) is 19.6 Å². The first-order valence-electron chi connectivity index (χ1n) is 6.24. The van der Waals surface area contributed by atoms with Crippen molar-refractivity contribution in [2.45, 2.75) is 39.4 Å². The standard InChI is InChI=1S/C12H17F2N5.ClH/c1-2-5-19-11(3-4-16-19)7-15-10-6-17-18(8-10)9-12(13)14;/h3-4,6,8,12,15H,2,5,7,9H2,1H3;1H. The Morgan fingerprint density at radius 1 is 1.35 bits per heavy atom. The summed E-state index contributed by atoms with van der Waals surface area (Å²) >= 11 is 0. The van der Waals surface area contributed by atoms with Crippen LogP contribution in [0.15, 0.2) is 24.7 Å². The van der Waals surface area contributed by atoms with Crippen molar-refractivity contribution in [2.24, 2.45) is 0 Å². The van der Waals surface area contributed by atoms with E-state index in [1.807, 2.05) is 10.7 Å². The number of halogens is 3. The molecule has 0 aromatic carbocycles. The molecule has 0 bridgehead atoms. The maximum atomic E-state index is 12.2. The highest BCUT2D eigenvalue weighted by Gasteiger charge is 2.06. The second-order valence-electron chi connectivity index (χ2n) is 4.24. The molecule has 8 heteroatoms. The molecule has 0 aliphatic heterocycles. The molecule has 0 aliphatic rings. The molecular formula is C12H18ClF2N5. The summed E-state index contributed by atoms with van der Waals surface area (Å²) in [5.41, 5.74) is 1.79. The van der Waals surface area contributed by atoms with Crippen molar-refractivity contribution in [3.8, 4) is 0 Å². The zero-order valence-electron chi connectivity index (χ0n) is 11.2. The van der Waals surface area contributed by atoms with Gasteiger partial charge in [-0.05, 0) is 12.5 Å². The topological polar surface area (TPSA) is 47.7 Å². The number of aryl methyl sites for hydroxylation is 1. The average Bonchev–Trinajstić information content (AvgIpc) is 2.96. The Kier molecular flexibility index (Phi) is 6.44. The maximum Gasteiger partial charge on any atom is 0.257 e. The van der Waals surface area contributed by atoms with E-state index in [1.165, 1.54) is 4.68 Å². The molecule has 0 amide bonds. The molecule has 5 nitrogen and oxygen atoms in total. The number of rotatable bonds is 7. The van der Waals surface area contributed by atoms with Crippen LogP contribution in [0.5, 0.6) is 0 Å². The lowest BCUT2D eigenvalue weighted by atomic mass is 10.4. The van der Waals surface area contributed by atoms with Gasteiger partial charge in [0, 0.05) is 18.9 Å². The Morgan fingerprint density at radius 2 is 2.15 bits per heavy atom. The molecule has 2 heterocycles. The van der Waals surface area contributed by atoms with Crippen LogP contribution in [-0.4, -0.2) is 26.0 Å². The fraction of sp³-hybridized carbons (Fsp3) is 0.500. The van der Waals surface area contributed by atoms with Gasteiger partial charge in [0.15, 0.2) is 0 Å². The molecule has 0 saturated heterocycles. The molecular weight excluding hydrogens is 288 g/mol. The Labute approximate surface area is 122 Å². The van der Waals surface area contributed by atoms with Crippen LogP contribution in [0.2, 0.25) is 0 Å². The SMILES string of the molecule is CCCn1nccc1CNc1cnn(CC(F)F)c1.Cl. The van der Waals surface area contributed by atoms with E-state index in [4.69, 9.17) is 0 Å². The second-order valence-corrected chi connectivity index (χ2v) is 4.24. The van der Waals surface area contributed by atoms with Crippen LogP contribution >= 0.6 is 12.4 Å². The Balaban J connectivity index is 0.00000200. The average molecular weight is 306 g/mol. The molecule has 0 atom stereocenters. The number of anilines is 1. The van der Waals surface area contributed by atoms with Gasteiger partial charge < -0.3 is 5.32 Å². The minimum absolute atomic E-state index is 0. The molecule has 0 aliphatic carbocycles. The molecule has 112 valence electrons. The van der Waals surface area contributed by atoms with Gasteiger partial charge in [-0.2, -0.15) is 10.2 Å². The highest BCUT2D eigenvalue weighted by molar-refractivity contribution is 5.85. The van der Waals surface area contributed by atoms with Gasteiger partial charge in [-0.25, -0.2) is 8.78 Å². The largest absolute Gasteiger partial charge is 0.377 e. The van der Waals surface area contributed by atoms with Crippen LogP contribution in [0.1, 0.15) is 19.0 Å². The molecule has 0 saturated carbocycles. The van der Waals surface area contributed by atoms with Gasteiger partial charge in [0.2, 0.25) is 0 Å².